The summed E-state index contributed by atoms with van der Waals surface area (Å²) >= 11 is 0. The molecule has 0 aliphatic carbocycles. The van der Waals surface area contributed by atoms with Crippen LogP contribution in [0.2, 0.25) is 0 Å². The van der Waals surface area contributed by atoms with E-state index in [1.165, 1.54) is 0 Å². The summed E-state index contributed by atoms with van der Waals surface area (Å²) in [6, 6.07) is 53.8. The molecule has 228 valence electrons. The predicted octanol–water partition coefficient (Wildman–Crippen LogP) is 11.3. The zero-order valence-electron chi connectivity index (χ0n) is 26.2. The van der Waals surface area contributed by atoms with E-state index in [1.807, 2.05) is 66.7 Å². The maximum absolute atomic E-state index is 6.41. The lowest BCUT2D eigenvalue weighted by molar-refractivity contribution is 0.669. The van der Waals surface area contributed by atoms with Crippen molar-refractivity contribution in [3.05, 3.63) is 158 Å². The highest BCUT2D eigenvalue weighted by molar-refractivity contribution is 6.10. The molecule has 10 aromatic rings. The Morgan fingerprint density at radius 2 is 1.00 bits per heavy atom. The standard InChI is InChI=1S/C44H26N4O/c1-2-11-27(12-3-1)36-25-23-28-21-22-29-24-26-38(46-41(29)40(28)45-36)30-13-4-5-15-32(30)42-34-16-6-8-19-37(34)47-44(48-42)35-18-10-17-33-31-14-7-9-20-39(31)49-43(33)35/h1-26H. The summed E-state index contributed by atoms with van der Waals surface area (Å²) in [4.78, 5) is 20.8. The number of pyridine rings is 2. The Labute approximate surface area is 281 Å². The molecule has 0 fully saturated rings. The molecule has 0 spiro atoms. The first-order chi connectivity index (χ1) is 24.3. The van der Waals surface area contributed by atoms with Crippen molar-refractivity contribution in [2.75, 3.05) is 0 Å². The molecule has 0 saturated heterocycles. The number of rotatable bonds is 4. The van der Waals surface area contributed by atoms with Gasteiger partial charge in [0.25, 0.3) is 0 Å². The van der Waals surface area contributed by atoms with Gasteiger partial charge in [-0.25, -0.2) is 19.9 Å². The molecule has 0 atom stereocenters. The molecule has 49 heavy (non-hydrogen) atoms. The topological polar surface area (TPSA) is 64.7 Å². The minimum absolute atomic E-state index is 0.614. The van der Waals surface area contributed by atoms with E-state index in [2.05, 4.69) is 91.0 Å². The first-order valence-electron chi connectivity index (χ1n) is 16.3. The van der Waals surface area contributed by atoms with E-state index < -0.39 is 0 Å². The number of nitrogens with zero attached hydrogens (tertiary/aromatic N) is 4. The van der Waals surface area contributed by atoms with E-state index in [0.717, 1.165) is 94.0 Å². The van der Waals surface area contributed by atoms with Crippen molar-refractivity contribution in [3.8, 4) is 45.2 Å². The van der Waals surface area contributed by atoms with Crippen LogP contribution in [0.15, 0.2) is 162 Å². The number of aromatic nitrogens is 4. The largest absolute Gasteiger partial charge is 0.455 e. The summed E-state index contributed by atoms with van der Waals surface area (Å²) in [6.45, 7) is 0. The summed E-state index contributed by atoms with van der Waals surface area (Å²) in [5.41, 5.74) is 10.7. The molecule has 4 aromatic heterocycles. The molecule has 6 aromatic carbocycles. The van der Waals surface area contributed by atoms with Gasteiger partial charge >= 0.3 is 0 Å². The molecule has 5 nitrogen and oxygen atoms in total. The van der Waals surface area contributed by atoms with Gasteiger partial charge in [0.15, 0.2) is 5.82 Å². The Bertz CT molecular complexity index is 2890. The monoisotopic (exact) mass is 626 g/mol. The maximum Gasteiger partial charge on any atom is 0.164 e. The molecule has 4 heterocycles. The zero-order chi connectivity index (χ0) is 32.3. The smallest absolute Gasteiger partial charge is 0.164 e. The maximum atomic E-state index is 6.41. The minimum Gasteiger partial charge on any atom is -0.455 e. The van der Waals surface area contributed by atoms with Crippen LogP contribution >= 0.6 is 0 Å². The number of hydrogen-bond donors (Lipinski definition) is 0. The fourth-order valence-corrected chi connectivity index (χ4v) is 6.93. The Morgan fingerprint density at radius 3 is 1.84 bits per heavy atom. The summed E-state index contributed by atoms with van der Waals surface area (Å²) in [5.74, 6) is 0.614. The van der Waals surface area contributed by atoms with E-state index in [-0.39, 0.29) is 0 Å². The molecule has 0 bridgehead atoms. The average molecular weight is 627 g/mol. The van der Waals surface area contributed by atoms with E-state index in [0.29, 0.717) is 5.82 Å². The van der Waals surface area contributed by atoms with Gasteiger partial charge in [-0.2, -0.15) is 0 Å². The second-order valence-electron chi connectivity index (χ2n) is 12.2. The van der Waals surface area contributed by atoms with Gasteiger partial charge in [0.05, 0.1) is 39.2 Å². The number of benzene rings is 6. The molecule has 0 aliphatic rings. The van der Waals surface area contributed by atoms with Gasteiger partial charge in [-0.15, -0.1) is 0 Å². The number of para-hydroxylation sites is 3. The van der Waals surface area contributed by atoms with Gasteiger partial charge in [0, 0.05) is 43.6 Å². The Morgan fingerprint density at radius 1 is 0.388 bits per heavy atom. The molecule has 5 heteroatoms. The normalized spacial score (nSPS) is 11.7. The van der Waals surface area contributed by atoms with Gasteiger partial charge in [-0.3, -0.25) is 0 Å². The van der Waals surface area contributed by atoms with Crippen molar-refractivity contribution < 1.29 is 4.42 Å². The van der Waals surface area contributed by atoms with Crippen molar-refractivity contribution in [3.63, 3.8) is 0 Å². The van der Waals surface area contributed by atoms with E-state index in [9.17, 15) is 0 Å². The molecule has 0 N–H and O–H groups in total. The highest BCUT2D eigenvalue weighted by Crippen LogP contribution is 2.39. The third kappa shape index (κ3) is 4.48. The predicted molar refractivity (Wildman–Crippen MR) is 199 cm³/mol. The van der Waals surface area contributed by atoms with Crippen molar-refractivity contribution in [1.29, 1.82) is 0 Å². The highest BCUT2D eigenvalue weighted by Gasteiger charge is 2.19. The van der Waals surface area contributed by atoms with Crippen LogP contribution in [0.4, 0.5) is 0 Å². The van der Waals surface area contributed by atoms with Crippen LogP contribution in [0.25, 0.3) is 99.8 Å². The number of fused-ring (bicyclic) bond motifs is 7. The first kappa shape index (κ1) is 27.4. The van der Waals surface area contributed by atoms with Crippen LogP contribution < -0.4 is 0 Å². The summed E-state index contributed by atoms with van der Waals surface area (Å²) in [6.07, 6.45) is 0. The van der Waals surface area contributed by atoms with Crippen LogP contribution in [0.3, 0.4) is 0 Å². The lowest BCUT2D eigenvalue weighted by Gasteiger charge is -2.14. The van der Waals surface area contributed by atoms with E-state index in [4.69, 9.17) is 24.4 Å². The van der Waals surface area contributed by atoms with Crippen LogP contribution in [0, 0.1) is 0 Å². The van der Waals surface area contributed by atoms with Gasteiger partial charge in [-0.1, -0.05) is 127 Å². The quantitative estimate of drug-likeness (QED) is 0.182. The zero-order valence-corrected chi connectivity index (χ0v) is 26.2. The molecule has 0 unspecified atom stereocenters. The lowest BCUT2D eigenvalue weighted by Crippen LogP contribution is -1.97. The third-order valence-corrected chi connectivity index (χ3v) is 9.30. The van der Waals surface area contributed by atoms with Crippen LogP contribution in [-0.2, 0) is 0 Å². The van der Waals surface area contributed by atoms with Crippen LogP contribution in [-0.4, -0.2) is 19.9 Å². The highest BCUT2D eigenvalue weighted by atomic mass is 16.3. The van der Waals surface area contributed by atoms with E-state index >= 15 is 0 Å². The average Bonchev–Trinajstić information content (AvgIpc) is 3.56. The second kappa shape index (κ2) is 10.9. The fourth-order valence-electron chi connectivity index (χ4n) is 6.93. The SMILES string of the molecule is c1ccc(-c2ccc3ccc4ccc(-c5ccccc5-c5nc(-c6cccc7c6oc6ccccc67)nc6ccccc56)nc4c3n2)cc1. The second-order valence-corrected chi connectivity index (χ2v) is 12.2. The van der Waals surface area contributed by atoms with Gasteiger partial charge in [-0.05, 0) is 30.3 Å². The van der Waals surface area contributed by atoms with Gasteiger partial charge in [0.2, 0.25) is 0 Å². The third-order valence-electron chi connectivity index (χ3n) is 9.30. The molecule has 0 amide bonds. The molecule has 10 rings (SSSR count). The fraction of sp³-hybridized carbons (Fsp3) is 0. The number of hydrogen-bond acceptors (Lipinski definition) is 5. The summed E-state index contributed by atoms with van der Waals surface area (Å²) in [5, 5.41) is 5.18. The minimum atomic E-state index is 0.614. The Kier molecular flexibility index (Phi) is 6.11. The first-order valence-corrected chi connectivity index (χ1v) is 16.3. The van der Waals surface area contributed by atoms with E-state index in [1.54, 1.807) is 0 Å². The molecule has 0 radical (unpaired) electrons. The molecule has 0 saturated carbocycles. The van der Waals surface area contributed by atoms with Crippen molar-refractivity contribution in [2.45, 2.75) is 0 Å². The van der Waals surface area contributed by atoms with Gasteiger partial charge < -0.3 is 4.42 Å². The van der Waals surface area contributed by atoms with Crippen LogP contribution in [0.1, 0.15) is 0 Å². The van der Waals surface area contributed by atoms with Crippen molar-refractivity contribution >= 4 is 54.6 Å². The van der Waals surface area contributed by atoms with Crippen molar-refractivity contribution in [2.24, 2.45) is 0 Å². The molecular weight excluding hydrogens is 601 g/mol. The molecule has 0 aliphatic heterocycles. The van der Waals surface area contributed by atoms with Crippen LogP contribution in [0.5, 0.6) is 0 Å². The molecular formula is C44H26N4O. The summed E-state index contributed by atoms with van der Waals surface area (Å²) in [7, 11) is 0. The number of furan rings is 1. The van der Waals surface area contributed by atoms with Gasteiger partial charge in [0.1, 0.15) is 11.2 Å². The van der Waals surface area contributed by atoms with Crippen molar-refractivity contribution in [1.82, 2.24) is 19.9 Å². The Hall–Kier alpha value is -6.72. The lowest BCUT2D eigenvalue weighted by atomic mass is 9.97. The summed E-state index contributed by atoms with van der Waals surface area (Å²) < 4.78 is 6.41. The Balaban J connectivity index is 1.18.